The first-order valence-electron chi connectivity index (χ1n) is 5.31. The Bertz CT molecular complexity index is 325. The number of nitrogens with two attached hydrogens (primary N) is 1. The van der Waals surface area contributed by atoms with Gasteiger partial charge in [0, 0.05) is 30.3 Å². The van der Waals surface area contributed by atoms with Crippen molar-refractivity contribution >= 4 is 17.3 Å². The lowest BCUT2D eigenvalue weighted by Gasteiger charge is -2.28. The highest BCUT2D eigenvalue weighted by Crippen LogP contribution is 2.25. The third-order valence-electron chi connectivity index (χ3n) is 2.90. The van der Waals surface area contributed by atoms with Crippen molar-refractivity contribution in [2.45, 2.75) is 32.9 Å². The molecule has 0 radical (unpaired) electrons. The molecule has 0 aliphatic carbocycles. The second-order valence-corrected chi connectivity index (χ2v) is 4.28. The largest absolute Gasteiger partial charge is 0.372 e. The molecule has 0 bridgehead atoms. The van der Waals surface area contributed by atoms with Crippen LogP contribution in [0.2, 0.25) is 5.02 Å². The molecular weight excluding hydrogens is 208 g/mol. The van der Waals surface area contributed by atoms with Crippen LogP contribution in [0.25, 0.3) is 0 Å². The number of halogens is 1. The molecule has 1 aromatic rings. The van der Waals surface area contributed by atoms with E-state index < -0.39 is 0 Å². The molecule has 15 heavy (non-hydrogen) atoms. The third kappa shape index (κ3) is 2.86. The van der Waals surface area contributed by atoms with Gasteiger partial charge in [0.05, 0.1) is 0 Å². The number of hydrogen-bond acceptors (Lipinski definition) is 2. The van der Waals surface area contributed by atoms with E-state index in [0.29, 0.717) is 12.6 Å². The fourth-order valence-electron chi connectivity index (χ4n) is 1.55. The first-order chi connectivity index (χ1) is 7.10. The van der Waals surface area contributed by atoms with Gasteiger partial charge in [0.25, 0.3) is 0 Å². The van der Waals surface area contributed by atoms with Crippen LogP contribution in [-0.4, -0.2) is 13.1 Å². The fourth-order valence-corrected chi connectivity index (χ4v) is 1.72. The zero-order valence-electron chi connectivity index (χ0n) is 9.63. The molecule has 2 nitrogen and oxygen atoms in total. The molecule has 2 N–H and O–H groups in total. The van der Waals surface area contributed by atoms with Crippen molar-refractivity contribution in [3.8, 4) is 0 Å². The van der Waals surface area contributed by atoms with Crippen LogP contribution in [0.3, 0.4) is 0 Å². The van der Waals surface area contributed by atoms with Crippen LogP contribution < -0.4 is 10.6 Å². The Hall–Kier alpha value is -0.730. The zero-order chi connectivity index (χ0) is 11.4. The van der Waals surface area contributed by atoms with Gasteiger partial charge >= 0.3 is 0 Å². The quantitative estimate of drug-likeness (QED) is 0.855. The van der Waals surface area contributed by atoms with E-state index in [0.717, 1.165) is 22.7 Å². The summed E-state index contributed by atoms with van der Waals surface area (Å²) in [6, 6.07) is 6.36. The van der Waals surface area contributed by atoms with Crippen molar-refractivity contribution in [3.63, 3.8) is 0 Å². The van der Waals surface area contributed by atoms with Gasteiger partial charge in [-0.25, -0.2) is 0 Å². The molecule has 0 saturated heterocycles. The van der Waals surface area contributed by atoms with Gasteiger partial charge in [0.1, 0.15) is 0 Å². The van der Waals surface area contributed by atoms with Gasteiger partial charge < -0.3 is 10.6 Å². The third-order valence-corrected chi connectivity index (χ3v) is 3.13. The molecule has 0 amide bonds. The molecule has 1 aromatic carbocycles. The van der Waals surface area contributed by atoms with Gasteiger partial charge in [-0.1, -0.05) is 24.6 Å². The minimum Gasteiger partial charge on any atom is -0.372 e. The Labute approximate surface area is 97.0 Å². The van der Waals surface area contributed by atoms with Crippen LogP contribution in [-0.2, 0) is 6.54 Å². The molecule has 1 unspecified atom stereocenters. The van der Waals surface area contributed by atoms with Crippen molar-refractivity contribution < 1.29 is 0 Å². The summed E-state index contributed by atoms with van der Waals surface area (Å²) in [5.74, 6) is 0. The summed E-state index contributed by atoms with van der Waals surface area (Å²) in [6.45, 7) is 4.92. The average molecular weight is 227 g/mol. The highest BCUT2D eigenvalue weighted by molar-refractivity contribution is 6.30. The molecule has 0 saturated carbocycles. The van der Waals surface area contributed by atoms with Crippen LogP contribution in [0.5, 0.6) is 0 Å². The topological polar surface area (TPSA) is 29.3 Å². The van der Waals surface area contributed by atoms with Crippen LogP contribution in [0.15, 0.2) is 18.2 Å². The Balaban J connectivity index is 3.05. The summed E-state index contributed by atoms with van der Waals surface area (Å²) >= 11 is 6.00. The maximum Gasteiger partial charge on any atom is 0.0426 e. The van der Waals surface area contributed by atoms with Crippen LogP contribution in [0.4, 0.5) is 5.69 Å². The van der Waals surface area contributed by atoms with Gasteiger partial charge in [-0.05, 0) is 31.0 Å². The molecular formula is C12H19ClN2. The Morgan fingerprint density at radius 1 is 1.47 bits per heavy atom. The number of hydrogen-bond donors (Lipinski definition) is 1. The summed E-state index contributed by atoms with van der Waals surface area (Å²) in [5.41, 5.74) is 7.99. The van der Waals surface area contributed by atoms with E-state index in [4.69, 9.17) is 17.3 Å². The molecule has 0 aliphatic rings. The zero-order valence-corrected chi connectivity index (χ0v) is 10.4. The molecule has 0 aliphatic heterocycles. The van der Waals surface area contributed by atoms with Crippen LogP contribution in [0, 0.1) is 0 Å². The predicted octanol–water partition coefficient (Wildman–Crippen LogP) is 3.03. The van der Waals surface area contributed by atoms with E-state index >= 15 is 0 Å². The Morgan fingerprint density at radius 2 is 2.13 bits per heavy atom. The Morgan fingerprint density at radius 3 is 2.67 bits per heavy atom. The van der Waals surface area contributed by atoms with Crippen molar-refractivity contribution in [2.24, 2.45) is 5.73 Å². The van der Waals surface area contributed by atoms with Gasteiger partial charge in [0.2, 0.25) is 0 Å². The minimum atomic E-state index is 0.494. The lowest BCUT2D eigenvalue weighted by molar-refractivity contribution is 0.661. The highest BCUT2D eigenvalue weighted by atomic mass is 35.5. The van der Waals surface area contributed by atoms with E-state index in [1.54, 1.807) is 0 Å². The summed E-state index contributed by atoms with van der Waals surface area (Å²) in [7, 11) is 2.08. The van der Waals surface area contributed by atoms with Crippen molar-refractivity contribution in [1.29, 1.82) is 0 Å². The molecule has 1 rings (SSSR count). The molecule has 0 heterocycles. The smallest absolute Gasteiger partial charge is 0.0426 e. The van der Waals surface area contributed by atoms with E-state index in [1.165, 1.54) is 0 Å². The van der Waals surface area contributed by atoms with E-state index in [1.807, 2.05) is 18.2 Å². The fraction of sp³-hybridized carbons (Fsp3) is 0.500. The number of rotatable bonds is 4. The molecule has 3 heteroatoms. The predicted molar refractivity (Wildman–Crippen MR) is 67.5 cm³/mol. The van der Waals surface area contributed by atoms with Gasteiger partial charge in [-0.15, -0.1) is 0 Å². The minimum absolute atomic E-state index is 0.494. The highest BCUT2D eigenvalue weighted by Gasteiger charge is 2.11. The van der Waals surface area contributed by atoms with Gasteiger partial charge in [-0.2, -0.15) is 0 Å². The standard InChI is InChI=1S/C12H19ClN2/c1-4-9(2)15(3)12-7-11(13)6-5-10(12)8-14/h5-7,9H,4,8,14H2,1-3H3. The van der Waals surface area contributed by atoms with Crippen molar-refractivity contribution in [1.82, 2.24) is 0 Å². The van der Waals surface area contributed by atoms with Crippen molar-refractivity contribution in [3.05, 3.63) is 28.8 Å². The van der Waals surface area contributed by atoms with E-state index in [9.17, 15) is 0 Å². The number of benzene rings is 1. The lowest BCUT2D eigenvalue weighted by Crippen LogP contribution is -2.29. The first-order valence-corrected chi connectivity index (χ1v) is 5.69. The molecule has 0 spiro atoms. The van der Waals surface area contributed by atoms with Crippen LogP contribution >= 0.6 is 11.6 Å². The molecule has 1 atom stereocenters. The van der Waals surface area contributed by atoms with E-state index in [-0.39, 0.29) is 0 Å². The molecule has 84 valence electrons. The SMILES string of the molecule is CCC(C)N(C)c1cc(Cl)ccc1CN. The van der Waals surface area contributed by atoms with Crippen LogP contribution in [0.1, 0.15) is 25.8 Å². The lowest BCUT2D eigenvalue weighted by atomic mass is 10.1. The second-order valence-electron chi connectivity index (χ2n) is 3.85. The molecule has 0 aromatic heterocycles. The summed E-state index contributed by atoms with van der Waals surface area (Å²) < 4.78 is 0. The van der Waals surface area contributed by atoms with Crippen molar-refractivity contribution in [2.75, 3.05) is 11.9 Å². The van der Waals surface area contributed by atoms with Gasteiger partial charge in [-0.3, -0.25) is 0 Å². The Kier molecular flexibility index (Phi) is 4.43. The first kappa shape index (κ1) is 12.3. The summed E-state index contributed by atoms with van der Waals surface area (Å²) in [4.78, 5) is 2.23. The monoisotopic (exact) mass is 226 g/mol. The molecule has 0 fully saturated rings. The maximum atomic E-state index is 6.00. The van der Waals surface area contributed by atoms with Gasteiger partial charge in [0.15, 0.2) is 0 Å². The summed E-state index contributed by atoms with van der Waals surface area (Å²) in [5, 5.41) is 0.761. The number of anilines is 1. The average Bonchev–Trinajstić information content (AvgIpc) is 2.27. The van der Waals surface area contributed by atoms with E-state index in [2.05, 4.69) is 25.8 Å². The number of nitrogens with zero attached hydrogens (tertiary/aromatic N) is 1. The normalized spacial score (nSPS) is 12.6. The second kappa shape index (κ2) is 5.38. The summed E-state index contributed by atoms with van der Waals surface area (Å²) in [6.07, 6.45) is 1.10. The maximum absolute atomic E-state index is 6.00.